The molecule has 0 heterocycles. The summed E-state index contributed by atoms with van der Waals surface area (Å²) in [5.74, 6) is -0.516. The highest BCUT2D eigenvalue weighted by atomic mass is 31.2. The Bertz CT molecular complexity index is 1530. The Balaban J connectivity index is 5.20. The van der Waals surface area contributed by atoms with Crippen molar-refractivity contribution in [2.45, 2.75) is 296 Å². The molecule has 76 heavy (non-hydrogen) atoms. The third-order valence-electron chi connectivity index (χ3n) is 13.9. The smallest absolute Gasteiger partial charge is 0.456 e. The molecule has 0 aromatic rings. The molecule has 0 aliphatic rings. The van der Waals surface area contributed by atoms with E-state index in [1.54, 1.807) is 0 Å². The van der Waals surface area contributed by atoms with Gasteiger partial charge in [0.15, 0.2) is 0 Å². The van der Waals surface area contributed by atoms with Crippen molar-refractivity contribution in [1.82, 2.24) is 5.32 Å². The lowest BCUT2D eigenvalue weighted by atomic mass is 10.0. The Hall–Kier alpha value is -2.55. The van der Waals surface area contributed by atoms with Gasteiger partial charge in [-0.25, -0.2) is 4.57 Å². The van der Waals surface area contributed by atoms with Crippen molar-refractivity contribution in [1.29, 1.82) is 0 Å². The van der Waals surface area contributed by atoms with Crippen molar-refractivity contribution < 1.29 is 37.3 Å². The molecule has 0 aliphatic carbocycles. The highest BCUT2D eigenvalue weighted by Gasteiger charge is 2.30. The number of likely N-dealkylation sites (N-methyl/N-ethyl adjacent to an activating group) is 1. The monoisotopic (exact) mass is 1090 g/mol. The quantitative estimate of drug-likeness (QED) is 0.0205. The van der Waals surface area contributed by atoms with E-state index in [4.69, 9.17) is 13.8 Å². The first kappa shape index (κ1) is 73.5. The average molecular weight is 1090 g/mol. The minimum Gasteiger partial charge on any atom is -0.456 e. The minimum absolute atomic E-state index is 0.0362. The normalized spacial score (nSPS) is 14.1. The van der Waals surface area contributed by atoms with Gasteiger partial charge in [-0.3, -0.25) is 18.6 Å². The number of ether oxygens (including phenoxy) is 1. The number of amides is 1. The summed E-state index contributed by atoms with van der Waals surface area (Å²) in [6.07, 6.45) is 71.8. The van der Waals surface area contributed by atoms with Gasteiger partial charge in [-0.2, -0.15) is 0 Å². The van der Waals surface area contributed by atoms with Crippen LogP contribution in [0.4, 0.5) is 0 Å². The van der Waals surface area contributed by atoms with Gasteiger partial charge in [-0.15, -0.1) is 0 Å². The van der Waals surface area contributed by atoms with Crippen LogP contribution in [-0.2, 0) is 27.9 Å². The number of hydrogen-bond acceptors (Lipinski definition) is 6. The second kappa shape index (κ2) is 55.8. The zero-order chi connectivity index (χ0) is 55.7. The summed E-state index contributed by atoms with van der Waals surface area (Å²) in [4.78, 5) is 37.7. The van der Waals surface area contributed by atoms with Crippen LogP contribution in [0.1, 0.15) is 284 Å². The molecule has 0 aliphatic heterocycles. The molecule has 0 aromatic heterocycles. The molecule has 0 saturated carbocycles. The van der Waals surface area contributed by atoms with Crippen molar-refractivity contribution in [2.24, 2.45) is 0 Å². The first-order valence-corrected chi connectivity index (χ1v) is 33.3. The summed E-state index contributed by atoms with van der Waals surface area (Å²) < 4.78 is 30.7. The zero-order valence-electron chi connectivity index (χ0n) is 50.5. The molecule has 0 aromatic carbocycles. The average Bonchev–Trinajstić information content (AvgIpc) is 3.38. The fourth-order valence-electron chi connectivity index (χ4n) is 8.99. The molecule has 0 saturated heterocycles. The van der Waals surface area contributed by atoms with Gasteiger partial charge in [-0.05, 0) is 96.0 Å². The summed E-state index contributed by atoms with van der Waals surface area (Å²) in [6, 6.07) is -0.856. The third kappa shape index (κ3) is 56.2. The van der Waals surface area contributed by atoms with Crippen LogP contribution < -0.4 is 5.32 Å². The fourth-order valence-corrected chi connectivity index (χ4v) is 9.72. The molecule has 0 fully saturated rings. The number of nitrogens with zero attached hydrogens (tertiary/aromatic N) is 1. The van der Waals surface area contributed by atoms with Crippen LogP contribution in [0.2, 0.25) is 0 Å². The first-order chi connectivity index (χ1) is 36.9. The van der Waals surface area contributed by atoms with E-state index < -0.39 is 20.0 Å². The van der Waals surface area contributed by atoms with Gasteiger partial charge in [0.1, 0.15) is 19.3 Å². The van der Waals surface area contributed by atoms with Gasteiger partial charge in [0, 0.05) is 12.8 Å². The van der Waals surface area contributed by atoms with Gasteiger partial charge < -0.3 is 19.4 Å². The molecule has 0 rings (SSSR count). The second-order valence-corrected chi connectivity index (χ2v) is 24.0. The molecule has 0 radical (unpaired) electrons. The largest absolute Gasteiger partial charge is 0.472 e. The number of esters is 1. The number of hydrogen-bond donors (Lipinski definition) is 2. The molecular weight excluding hydrogens is 964 g/mol. The molecule has 0 bridgehead atoms. The number of phosphoric acid groups is 1. The number of carbonyl (C=O) groups is 2. The van der Waals surface area contributed by atoms with Crippen LogP contribution in [0.3, 0.4) is 0 Å². The van der Waals surface area contributed by atoms with Crippen molar-refractivity contribution >= 4 is 19.7 Å². The lowest BCUT2D eigenvalue weighted by Crippen LogP contribution is -2.47. The zero-order valence-corrected chi connectivity index (χ0v) is 51.4. The Morgan fingerprint density at radius 1 is 0.474 bits per heavy atom. The Labute approximate surface area is 470 Å². The summed E-state index contributed by atoms with van der Waals surface area (Å²) >= 11 is 0. The van der Waals surface area contributed by atoms with Gasteiger partial charge in [0.05, 0.1) is 33.8 Å². The summed E-state index contributed by atoms with van der Waals surface area (Å²) in [6.45, 7) is 6.89. The first-order valence-electron chi connectivity index (χ1n) is 31.8. The van der Waals surface area contributed by atoms with E-state index in [-0.39, 0.29) is 31.5 Å². The van der Waals surface area contributed by atoms with E-state index in [1.165, 1.54) is 154 Å². The molecule has 0 spiro atoms. The predicted molar refractivity (Wildman–Crippen MR) is 328 cm³/mol. The van der Waals surface area contributed by atoms with Gasteiger partial charge in [-0.1, -0.05) is 248 Å². The standard InChI is InChI=1S/C66H121N2O7P/c1-7-10-13-16-19-22-25-28-30-31-32-33-34-35-36-37-38-40-43-46-49-52-55-58-65(69)67-63(62-74-76(71,72)73-61-60-68(4,5)6)64(57-54-51-48-45-42-39-27-24-21-18-15-12-9-3)75-66(70)59-56-53-50-47-44-41-29-26-23-20-17-14-11-8-2/h11,14,19-20,22-23,28,30,32-33,54,57,63-64H,7-10,12-13,15-18,21,24-27,29,31,34-53,55-56,58-62H2,1-6H3,(H-,67,69,71,72)/p+1/b14-11+,22-19-,23-20+,30-28-,33-32-,57-54-. The number of quaternary nitrogens is 1. The van der Waals surface area contributed by atoms with Gasteiger partial charge in [0.2, 0.25) is 5.91 Å². The van der Waals surface area contributed by atoms with Gasteiger partial charge >= 0.3 is 13.8 Å². The number of carbonyl (C=O) groups excluding carboxylic acids is 2. The van der Waals surface area contributed by atoms with Gasteiger partial charge in [0.25, 0.3) is 0 Å². The van der Waals surface area contributed by atoms with Crippen LogP contribution in [0.25, 0.3) is 0 Å². The number of unbranched alkanes of at least 4 members (excludes halogenated alkanes) is 31. The summed E-state index contributed by atoms with van der Waals surface area (Å²) in [7, 11) is 1.49. The van der Waals surface area contributed by atoms with Crippen molar-refractivity contribution in [3.8, 4) is 0 Å². The van der Waals surface area contributed by atoms with Crippen LogP contribution in [-0.4, -0.2) is 74.3 Å². The van der Waals surface area contributed by atoms with Crippen molar-refractivity contribution in [3.05, 3.63) is 72.9 Å². The highest BCUT2D eigenvalue weighted by molar-refractivity contribution is 7.47. The molecule has 9 nitrogen and oxygen atoms in total. The molecule has 442 valence electrons. The highest BCUT2D eigenvalue weighted by Crippen LogP contribution is 2.43. The lowest BCUT2D eigenvalue weighted by molar-refractivity contribution is -0.870. The van der Waals surface area contributed by atoms with Crippen molar-refractivity contribution in [3.63, 3.8) is 0 Å². The Kier molecular flexibility index (Phi) is 53.9. The molecule has 2 N–H and O–H groups in total. The summed E-state index contributed by atoms with van der Waals surface area (Å²) in [5.41, 5.74) is 0. The Morgan fingerprint density at radius 2 is 0.842 bits per heavy atom. The second-order valence-electron chi connectivity index (χ2n) is 22.5. The number of rotatable bonds is 57. The maximum Gasteiger partial charge on any atom is 0.472 e. The van der Waals surface area contributed by atoms with Crippen LogP contribution in [0.5, 0.6) is 0 Å². The molecular formula is C66H122N2O7P+. The molecule has 3 unspecified atom stereocenters. The topological polar surface area (TPSA) is 111 Å². The fraction of sp³-hybridized carbons (Fsp3) is 0.788. The molecule has 1 amide bonds. The maximum atomic E-state index is 13.6. The van der Waals surface area contributed by atoms with E-state index in [0.29, 0.717) is 17.4 Å². The minimum atomic E-state index is -4.45. The van der Waals surface area contributed by atoms with Crippen LogP contribution in [0, 0.1) is 0 Å². The van der Waals surface area contributed by atoms with E-state index in [1.807, 2.05) is 33.3 Å². The van der Waals surface area contributed by atoms with Crippen molar-refractivity contribution in [2.75, 3.05) is 40.9 Å². The van der Waals surface area contributed by atoms with E-state index >= 15 is 0 Å². The molecule has 10 heteroatoms. The SMILES string of the molecule is CC/C=C/C/C=C/CCCCCCCCCC(=O)OC(/C=C\CCCCCCCCCCCCC)C(COP(=O)(O)OCC[N+](C)(C)C)NC(=O)CCCCCCCCCCCC/C=C\C/C=C\C/C=C\CCCCC. The summed E-state index contributed by atoms with van der Waals surface area (Å²) in [5, 5.41) is 3.06. The van der Waals surface area contributed by atoms with Crippen LogP contribution in [0.15, 0.2) is 72.9 Å². The van der Waals surface area contributed by atoms with E-state index in [2.05, 4.69) is 86.8 Å². The number of phosphoric ester groups is 1. The maximum absolute atomic E-state index is 13.6. The Morgan fingerprint density at radius 3 is 1.29 bits per heavy atom. The third-order valence-corrected chi connectivity index (χ3v) is 14.9. The lowest BCUT2D eigenvalue weighted by Gasteiger charge is -2.27. The van der Waals surface area contributed by atoms with E-state index in [0.717, 1.165) is 96.3 Å². The number of nitrogens with one attached hydrogen (secondary N) is 1. The number of allylic oxidation sites excluding steroid dienone is 11. The van der Waals surface area contributed by atoms with E-state index in [9.17, 15) is 19.0 Å². The predicted octanol–water partition coefficient (Wildman–Crippen LogP) is 19.6. The van der Waals surface area contributed by atoms with Crippen LogP contribution >= 0.6 is 7.82 Å². The molecule has 3 atom stereocenters.